The lowest BCUT2D eigenvalue weighted by Gasteiger charge is -2.10. The topological polar surface area (TPSA) is 99.9 Å². The predicted molar refractivity (Wildman–Crippen MR) is 107 cm³/mol. The summed E-state index contributed by atoms with van der Waals surface area (Å²) in [6.45, 7) is 1.76. The molecule has 3 rings (SSSR count). The maximum absolute atomic E-state index is 12.6. The fourth-order valence-electron chi connectivity index (χ4n) is 2.48. The van der Waals surface area contributed by atoms with Crippen molar-refractivity contribution < 1.29 is 9.53 Å². The summed E-state index contributed by atoms with van der Waals surface area (Å²) in [5.74, 6) is 0.372. The molecule has 7 nitrogen and oxygen atoms in total. The van der Waals surface area contributed by atoms with Gasteiger partial charge in [0.1, 0.15) is 11.4 Å². The number of rotatable bonds is 5. The quantitative estimate of drug-likeness (QED) is 0.669. The van der Waals surface area contributed by atoms with Crippen molar-refractivity contribution >= 4 is 34.8 Å². The number of halogens is 1. The molecule has 0 fully saturated rings. The first kappa shape index (κ1) is 19.1. The Kier molecular flexibility index (Phi) is 5.72. The van der Waals surface area contributed by atoms with Crippen molar-refractivity contribution in [1.82, 2.24) is 9.97 Å². The Balaban J connectivity index is 1.81. The van der Waals surface area contributed by atoms with Gasteiger partial charge in [0.15, 0.2) is 0 Å². The van der Waals surface area contributed by atoms with Crippen molar-refractivity contribution in [3.63, 3.8) is 0 Å². The van der Waals surface area contributed by atoms with Gasteiger partial charge in [-0.1, -0.05) is 17.7 Å². The first-order valence-corrected chi connectivity index (χ1v) is 8.64. The molecule has 0 saturated heterocycles. The van der Waals surface area contributed by atoms with E-state index in [1.807, 2.05) is 0 Å². The number of hydrogen-bond donors (Lipinski definition) is 2. The third kappa shape index (κ3) is 4.55. The molecular weight excluding hydrogens is 378 g/mol. The molecule has 8 heteroatoms. The molecule has 0 aliphatic heterocycles. The van der Waals surface area contributed by atoms with Gasteiger partial charge in [0.05, 0.1) is 23.8 Å². The van der Waals surface area contributed by atoms with Crippen LogP contribution in [0.3, 0.4) is 0 Å². The van der Waals surface area contributed by atoms with Crippen LogP contribution in [0.2, 0.25) is 5.02 Å². The van der Waals surface area contributed by atoms with E-state index in [4.69, 9.17) is 21.6 Å². The van der Waals surface area contributed by atoms with Gasteiger partial charge in [0.2, 0.25) is 5.95 Å². The second kappa shape index (κ2) is 8.37. The average molecular weight is 394 g/mol. The predicted octanol–water partition coefficient (Wildman–Crippen LogP) is 4.31. The smallest absolute Gasteiger partial charge is 0.274 e. The van der Waals surface area contributed by atoms with E-state index in [2.05, 4.69) is 26.7 Å². The summed E-state index contributed by atoms with van der Waals surface area (Å²) in [5.41, 5.74) is 2.48. The van der Waals surface area contributed by atoms with E-state index in [0.29, 0.717) is 33.4 Å². The summed E-state index contributed by atoms with van der Waals surface area (Å²) < 4.78 is 5.10. The number of aromatic nitrogens is 2. The first-order valence-electron chi connectivity index (χ1n) is 8.26. The molecule has 140 valence electrons. The number of anilines is 3. The molecule has 0 aliphatic carbocycles. The highest BCUT2D eigenvalue weighted by Gasteiger charge is 2.12. The van der Waals surface area contributed by atoms with Gasteiger partial charge in [-0.05, 0) is 49.4 Å². The van der Waals surface area contributed by atoms with Crippen molar-refractivity contribution in [1.29, 1.82) is 5.26 Å². The lowest BCUT2D eigenvalue weighted by atomic mass is 10.2. The Hall–Kier alpha value is -3.63. The molecule has 2 aromatic carbocycles. The molecule has 3 aromatic rings. The van der Waals surface area contributed by atoms with Gasteiger partial charge < -0.3 is 15.4 Å². The lowest BCUT2D eigenvalue weighted by Crippen LogP contribution is -2.15. The molecule has 1 aromatic heterocycles. The van der Waals surface area contributed by atoms with Gasteiger partial charge in [-0.3, -0.25) is 4.79 Å². The number of nitriles is 1. The average Bonchev–Trinajstić information content (AvgIpc) is 2.68. The van der Waals surface area contributed by atoms with Gasteiger partial charge in [0, 0.05) is 17.1 Å². The summed E-state index contributed by atoms with van der Waals surface area (Å²) in [6, 6.07) is 15.5. The Morgan fingerprint density at radius 1 is 1.14 bits per heavy atom. The number of methoxy groups -OCH3 is 1. The number of nitrogens with one attached hydrogen (secondary N) is 2. The van der Waals surface area contributed by atoms with Crippen LogP contribution in [0, 0.1) is 18.3 Å². The number of nitrogens with zero attached hydrogens (tertiary/aromatic N) is 3. The summed E-state index contributed by atoms with van der Waals surface area (Å²) >= 11 is 6.09. The number of ether oxygens (including phenoxy) is 1. The van der Waals surface area contributed by atoms with Crippen LogP contribution in [0.4, 0.5) is 17.3 Å². The minimum absolute atomic E-state index is 0.193. The van der Waals surface area contributed by atoms with E-state index < -0.39 is 5.91 Å². The van der Waals surface area contributed by atoms with Crippen LogP contribution in [0.1, 0.15) is 21.7 Å². The molecule has 28 heavy (non-hydrogen) atoms. The van der Waals surface area contributed by atoms with Gasteiger partial charge in [-0.15, -0.1) is 0 Å². The summed E-state index contributed by atoms with van der Waals surface area (Å²) in [6.07, 6.45) is 0. The molecule has 0 unspecified atom stereocenters. The number of benzene rings is 2. The summed E-state index contributed by atoms with van der Waals surface area (Å²) in [4.78, 5) is 21.1. The lowest BCUT2D eigenvalue weighted by molar-refractivity contribution is 0.102. The third-order valence-corrected chi connectivity index (χ3v) is 4.04. The molecule has 0 spiro atoms. The number of carbonyl (C=O) groups is 1. The SMILES string of the molecule is COc1ccc(NC(=O)c2cc(C)nc(Nc3cccc(C#N)c3)n2)cc1Cl. The van der Waals surface area contributed by atoms with Crippen molar-refractivity contribution in [2.75, 3.05) is 17.7 Å². The van der Waals surface area contributed by atoms with Crippen molar-refractivity contribution in [3.8, 4) is 11.8 Å². The highest BCUT2D eigenvalue weighted by atomic mass is 35.5. The van der Waals surface area contributed by atoms with Crippen LogP contribution < -0.4 is 15.4 Å². The van der Waals surface area contributed by atoms with E-state index in [9.17, 15) is 4.79 Å². The number of hydrogen-bond acceptors (Lipinski definition) is 6. The van der Waals surface area contributed by atoms with Crippen LogP contribution in [0.15, 0.2) is 48.5 Å². The minimum Gasteiger partial charge on any atom is -0.495 e. The van der Waals surface area contributed by atoms with Gasteiger partial charge >= 0.3 is 0 Å². The van der Waals surface area contributed by atoms with Crippen molar-refractivity contribution in [2.45, 2.75) is 6.92 Å². The van der Waals surface area contributed by atoms with Crippen LogP contribution >= 0.6 is 11.6 Å². The largest absolute Gasteiger partial charge is 0.495 e. The first-order chi connectivity index (χ1) is 13.5. The molecule has 0 radical (unpaired) electrons. The van der Waals surface area contributed by atoms with E-state index in [0.717, 1.165) is 0 Å². The zero-order valence-corrected chi connectivity index (χ0v) is 15.9. The second-order valence-electron chi connectivity index (χ2n) is 5.84. The number of carbonyl (C=O) groups excluding carboxylic acids is 1. The Morgan fingerprint density at radius 2 is 1.96 bits per heavy atom. The molecular formula is C20H16ClN5O2. The van der Waals surface area contributed by atoms with Gasteiger partial charge in [-0.2, -0.15) is 5.26 Å². The van der Waals surface area contributed by atoms with E-state index in [1.54, 1.807) is 55.5 Å². The minimum atomic E-state index is -0.402. The fourth-order valence-corrected chi connectivity index (χ4v) is 2.73. The zero-order chi connectivity index (χ0) is 20.1. The van der Waals surface area contributed by atoms with E-state index in [1.165, 1.54) is 7.11 Å². The Morgan fingerprint density at radius 3 is 2.68 bits per heavy atom. The highest BCUT2D eigenvalue weighted by Crippen LogP contribution is 2.27. The van der Waals surface area contributed by atoms with E-state index >= 15 is 0 Å². The molecule has 0 atom stereocenters. The van der Waals surface area contributed by atoms with Crippen LogP contribution in [-0.2, 0) is 0 Å². The maximum atomic E-state index is 12.6. The Labute approximate surface area is 167 Å². The van der Waals surface area contributed by atoms with Crippen LogP contribution in [-0.4, -0.2) is 23.0 Å². The second-order valence-corrected chi connectivity index (χ2v) is 6.25. The molecule has 0 aliphatic rings. The number of aryl methyl sites for hydroxylation is 1. The highest BCUT2D eigenvalue weighted by molar-refractivity contribution is 6.32. The fraction of sp³-hybridized carbons (Fsp3) is 0.100. The molecule has 0 bridgehead atoms. The molecule has 2 N–H and O–H groups in total. The Bertz CT molecular complexity index is 1080. The molecule has 0 saturated carbocycles. The summed E-state index contributed by atoms with van der Waals surface area (Å²) in [5, 5.41) is 15.1. The molecule has 1 heterocycles. The van der Waals surface area contributed by atoms with Crippen LogP contribution in [0.25, 0.3) is 0 Å². The normalized spacial score (nSPS) is 10.1. The monoisotopic (exact) mass is 393 g/mol. The van der Waals surface area contributed by atoms with Gasteiger partial charge in [-0.25, -0.2) is 9.97 Å². The maximum Gasteiger partial charge on any atom is 0.274 e. The standard InChI is InChI=1S/C20H16ClN5O2/c1-12-8-17(19(27)24-15-6-7-18(28-2)16(21)10-15)26-20(23-12)25-14-5-3-4-13(9-14)11-22/h3-10H,1-2H3,(H,24,27)(H,23,25,26). The van der Waals surface area contributed by atoms with Crippen molar-refractivity contribution in [3.05, 3.63) is 70.5 Å². The van der Waals surface area contributed by atoms with Gasteiger partial charge in [0.25, 0.3) is 5.91 Å². The van der Waals surface area contributed by atoms with E-state index in [-0.39, 0.29) is 11.6 Å². The summed E-state index contributed by atoms with van der Waals surface area (Å²) in [7, 11) is 1.52. The van der Waals surface area contributed by atoms with Crippen LogP contribution in [0.5, 0.6) is 5.75 Å². The zero-order valence-electron chi connectivity index (χ0n) is 15.2. The molecule has 1 amide bonds. The third-order valence-electron chi connectivity index (χ3n) is 3.74. The number of amides is 1. The van der Waals surface area contributed by atoms with Crippen molar-refractivity contribution in [2.24, 2.45) is 0 Å².